The van der Waals surface area contributed by atoms with Crippen molar-refractivity contribution in [3.8, 4) is 0 Å². The largest absolute Gasteiger partial charge is 0.352 e. The predicted molar refractivity (Wildman–Crippen MR) is 90.7 cm³/mol. The number of hydrogen-bond acceptors (Lipinski definition) is 2. The first-order valence-electron chi connectivity index (χ1n) is 8.05. The van der Waals surface area contributed by atoms with Crippen molar-refractivity contribution in [2.24, 2.45) is 11.1 Å². The lowest BCUT2D eigenvalue weighted by atomic mass is 9.65. The minimum atomic E-state index is -0.427. The molecule has 2 amide bonds. The molecule has 0 spiro atoms. The molecule has 3 N–H and O–H groups in total. The molecule has 0 radical (unpaired) electrons. The highest BCUT2D eigenvalue weighted by molar-refractivity contribution is 5.71. The van der Waals surface area contributed by atoms with Crippen LogP contribution in [0.4, 0.5) is 4.79 Å². The summed E-state index contributed by atoms with van der Waals surface area (Å²) in [5.74, 6) is 0. The van der Waals surface area contributed by atoms with Crippen molar-refractivity contribution in [3.63, 3.8) is 0 Å². The van der Waals surface area contributed by atoms with Gasteiger partial charge in [-0.2, -0.15) is 0 Å². The van der Waals surface area contributed by atoms with Crippen molar-refractivity contribution in [1.29, 1.82) is 0 Å². The number of benzene rings is 1. The van der Waals surface area contributed by atoms with E-state index >= 15 is 0 Å². The summed E-state index contributed by atoms with van der Waals surface area (Å²) in [6.07, 6.45) is 4.36. The average molecular weight is 303 g/mol. The van der Waals surface area contributed by atoms with Crippen molar-refractivity contribution in [2.75, 3.05) is 20.6 Å². The number of carbonyl (C=O) groups excluding carboxylic acids is 1. The first-order valence-corrected chi connectivity index (χ1v) is 8.05. The minimum Gasteiger partial charge on any atom is -0.352 e. The quantitative estimate of drug-likeness (QED) is 0.898. The molecule has 122 valence electrons. The molecule has 0 saturated heterocycles. The van der Waals surface area contributed by atoms with Crippen molar-refractivity contribution in [3.05, 3.63) is 35.4 Å². The summed E-state index contributed by atoms with van der Waals surface area (Å²) in [5.41, 5.74) is 8.17. The Balaban J connectivity index is 2.18. The van der Waals surface area contributed by atoms with Gasteiger partial charge in [-0.15, -0.1) is 0 Å². The van der Waals surface area contributed by atoms with E-state index < -0.39 is 6.03 Å². The molecule has 4 heteroatoms. The van der Waals surface area contributed by atoms with E-state index in [0.717, 1.165) is 25.7 Å². The molecule has 0 bridgehead atoms. The fourth-order valence-corrected chi connectivity index (χ4v) is 3.67. The Hall–Kier alpha value is -1.55. The van der Waals surface area contributed by atoms with Gasteiger partial charge >= 0.3 is 6.03 Å². The van der Waals surface area contributed by atoms with Gasteiger partial charge in [0.05, 0.1) is 0 Å². The fraction of sp³-hybridized carbons (Fsp3) is 0.611. The van der Waals surface area contributed by atoms with Gasteiger partial charge in [-0.25, -0.2) is 4.79 Å². The Kier molecular flexibility index (Phi) is 4.81. The Labute approximate surface area is 134 Å². The van der Waals surface area contributed by atoms with E-state index in [1.165, 1.54) is 11.1 Å². The normalized spacial score (nSPS) is 28.6. The number of nitrogens with zero attached hydrogens (tertiary/aromatic N) is 1. The number of primary amides is 1. The third-order valence-corrected chi connectivity index (χ3v) is 5.39. The summed E-state index contributed by atoms with van der Waals surface area (Å²) < 4.78 is 0. The van der Waals surface area contributed by atoms with Crippen LogP contribution in [0.1, 0.15) is 43.7 Å². The number of rotatable bonds is 4. The smallest absolute Gasteiger partial charge is 0.312 e. The van der Waals surface area contributed by atoms with E-state index in [1.54, 1.807) is 0 Å². The van der Waals surface area contributed by atoms with Crippen LogP contribution in [-0.2, 0) is 5.54 Å². The number of urea groups is 1. The van der Waals surface area contributed by atoms with Gasteiger partial charge in [0.2, 0.25) is 0 Å². The Morgan fingerprint density at radius 3 is 2.41 bits per heavy atom. The number of amides is 2. The topological polar surface area (TPSA) is 58.4 Å². The number of nitrogens with two attached hydrogens (primary N) is 1. The maximum atomic E-state index is 11.0. The van der Waals surface area contributed by atoms with Crippen LogP contribution in [0.25, 0.3) is 0 Å². The van der Waals surface area contributed by atoms with Gasteiger partial charge in [-0.3, -0.25) is 4.90 Å². The summed E-state index contributed by atoms with van der Waals surface area (Å²) in [7, 11) is 4.35. The molecule has 0 unspecified atom stereocenters. The molecule has 1 aliphatic carbocycles. The van der Waals surface area contributed by atoms with E-state index in [-0.39, 0.29) is 11.0 Å². The molecular weight excluding hydrogens is 274 g/mol. The number of aryl methyl sites for hydroxylation is 1. The monoisotopic (exact) mass is 303 g/mol. The van der Waals surface area contributed by atoms with Gasteiger partial charge in [0.25, 0.3) is 0 Å². The number of carbonyl (C=O) groups is 1. The van der Waals surface area contributed by atoms with Crippen LogP contribution in [0.3, 0.4) is 0 Å². The molecule has 1 aromatic rings. The maximum Gasteiger partial charge on any atom is 0.312 e. The Morgan fingerprint density at radius 2 is 1.91 bits per heavy atom. The molecule has 0 heterocycles. The van der Waals surface area contributed by atoms with Crippen LogP contribution in [0.5, 0.6) is 0 Å². The number of hydrogen-bond donors (Lipinski definition) is 2. The van der Waals surface area contributed by atoms with E-state index in [0.29, 0.717) is 6.54 Å². The second-order valence-corrected chi connectivity index (χ2v) is 7.32. The summed E-state index contributed by atoms with van der Waals surface area (Å²) in [6.45, 7) is 5.06. The van der Waals surface area contributed by atoms with Crippen molar-refractivity contribution >= 4 is 6.03 Å². The third kappa shape index (κ3) is 3.43. The molecule has 0 atom stereocenters. The van der Waals surface area contributed by atoms with Gasteiger partial charge < -0.3 is 11.1 Å². The zero-order chi connectivity index (χ0) is 16.4. The van der Waals surface area contributed by atoms with Crippen molar-refractivity contribution < 1.29 is 4.79 Å². The first-order chi connectivity index (χ1) is 10.3. The highest BCUT2D eigenvalue weighted by Crippen LogP contribution is 2.47. The highest BCUT2D eigenvalue weighted by Gasteiger charge is 2.42. The lowest BCUT2D eigenvalue weighted by molar-refractivity contribution is 0.0436. The van der Waals surface area contributed by atoms with Crippen LogP contribution >= 0.6 is 0 Å². The highest BCUT2D eigenvalue weighted by atomic mass is 16.2. The molecule has 1 aromatic carbocycles. The van der Waals surface area contributed by atoms with Crippen LogP contribution in [-0.4, -0.2) is 31.6 Å². The maximum absolute atomic E-state index is 11.0. The van der Waals surface area contributed by atoms with Gasteiger partial charge in [0.1, 0.15) is 0 Å². The molecule has 2 rings (SSSR count). The van der Waals surface area contributed by atoms with E-state index in [4.69, 9.17) is 5.73 Å². The Morgan fingerprint density at radius 1 is 1.27 bits per heavy atom. The summed E-state index contributed by atoms with van der Waals surface area (Å²) in [4.78, 5) is 13.3. The summed E-state index contributed by atoms with van der Waals surface area (Å²) >= 11 is 0. The molecular formula is C18H29N3O. The molecule has 22 heavy (non-hydrogen) atoms. The lowest BCUT2D eigenvalue weighted by Crippen LogP contribution is -2.49. The Bertz CT molecular complexity index is 531. The third-order valence-electron chi connectivity index (χ3n) is 5.39. The minimum absolute atomic E-state index is 0.0955. The average Bonchev–Trinajstić information content (AvgIpc) is 2.46. The zero-order valence-electron chi connectivity index (χ0n) is 14.3. The lowest BCUT2D eigenvalue weighted by Gasteiger charge is -2.49. The first kappa shape index (κ1) is 16.8. The van der Waals surface area contributed by atoms with Gasteiger partial charge in [-0.05, 0) is 57.7 Å². The zero-order valence-corrected chi connectivity index (χ0v) is 14.3. The van der Waals surface area contributed by atoms with E-state index in [9.17, 15) is 4.79 Å². The molecule has 1 fully saturated rings. The molecule has 1 aliphatic rings. The molecule has 4 nitrogen and oxygen atoms in total. The SMILES string of the molecule is Cc1cccc(C2(N(C)C)CCC(C)(CNC(N)=O)CC2)c1. The number of nitrogens with one attached hydrogen (secondary N) is 1. The van der Waals surface area contributed by atoms with Gasteiger partial charge in [0, 0.05) is 12.1 Å². The molecule has 1 saturated carbocycles. The predicted octanol–water partition coefficient (Wildman–Crippen LogP) is 3.00. The second-order valence-electron chi connectivity index (χ2n) is 7.32. The van der Waals surface area contributed by atoms with Gasteiger partial charge in [-0.1, -0.05) is 36.8 Å². The second kappa shape index (κ2) is 6.29. The van der Waals surface area contributed by atoms with Crippen LogP contribution in [0.15, 0.2) is 24.3 Å². The van der Waals surface area contributed by atoms with E-state index in [2.05, 4.69) is 62.4 Å². The molecule has 0 aromatic heterocycles. The van der Waals surface area contributed by atoms with Crippen molar-refractivity contribution in [2.45, 2.75) is 45.1 Å². The summed E-state index contributed by atoms with van der Waals surface area (Å²) in [5, 5.41) is 2.79. The van der Waals surface area contributed by atoms with Crippen LogP contribution in [0.2, 0.25) is 0 Å². The standard InChI is InChI=1S/C18H29N3O/c1-14-6-5-7-15(12-14)18(21(3)4)10-8-17(2,9-11-18)13-20-16(19)22/h5-7,12H,8-11,13H2,1-4H3,(H3,19,20,22). The van der Waals surface area contributed by atoms with E-state index in [1.807, 2.05) is 0 Å². The summed E-state index contributed by atoms with van der Waals surface area (Å²) in [6, 6.07) is 8.43. The van der Waals surface area contributed by atoms with Crippen LogP contribution in [0, 0.1) is 12.3 Å². The fourth-order valence-electron chi connectivity index (χ4n) is 3.67. The van der Waals surface area contributed by atoms with Crippen molar-refractivity contribution in [1.82, 2.24) is 10.2 Å². The molecule has 0 aliphatic heterocycles. The van der Waals surface area contributed by atoms with Gasteiger partial charge in [0.15, 0.2) is 0 Å². The van der Waals surface area contributed by atoms with Crippen LogP contribution < -0.4 is 11.1 Å².